The molecule has 0 heterocycles. The molecular formula is C10H12BO2. The smallest absolute Gasteiger partial charge is 0.337 e. The predicted molar refractivity (Wildman–Crippen MR) is 53.1 cm³/mol. The van der Waals surface area contributed by atoms with E-state index in [9.17, 15) is 4.79 Å². The molecule has 0 aliphatic heterocycles. The molecule has 1 aromatic carbocycles. The van der Waals surface area contributed by atoms with E-state index in [1.54, 1.807) is 6.07 Å². The molecule has 3 heteroatoms. The molecule has 0 aliphatic rings. The van der Waals surface area contributed by atoms with E-state index in [0.717, 1.165) is 11.9 Å². The van der Waals surface area contributed by atoms with Gasteiger partial charge in [-0.2, -0.15) is 0 Å². The predicted octanol–water partition coefficient (Wildman–Crippen LogP) is 1.73. The van der Waals surface area contributed by atoms with Gasteiger partial charge < -0.3 is 4.74 Å². The van der Waals surface area contributed by atoms with Crippen molar-refractivity contribution in [1.29, 1.82) is 0 Å². The highest BCUT2D eigenvalue weighted by atomic mass is 16.5. The Labute approximate surface area is 79.2 Å². The number of ether oxygens (including phenoxy) is 1. The Morgan fingerprint density at radius 1 is 1.54 bits per heavy atom. The van der Waals surface area contributed by atoms with Gasteiger partial charge in [0.25, 0.3) is 0 Å². The summed E-state index contributed by atoms with van der Waals surface area (Å²) in [5, 5.41) is 0. The van der Waals surface area contributed by atoms with Crippen LogP contribution in [0.15, 0.2) is 24.3 Å². The second kappa shape index (κ2) is 4.70. The Morgan fingerprint density at radius 3 is 2.92 bits per heavy atom. The van der Waals surface area contributed by atoms with Crippen molar-refractivity contribution in [2.24, 2.45) is 0 Å². The first-order valence-corrected chi connectivity index (χ1v) is 4.23. The standard InChI is InChI=1S/C10H12BO2/c1-11-7-8-4-3-5-9(6-8)10(12)13-2/h3-6H,7H2,1-2H3. The van der Waals surface area contributed by atoms with Crippen LogP contribution in [0.1, 0.15) is 15.9 Å². The first kappa shape index (κ1) is 9.84. The summed E-state index contributed by atoms with van der Waals surface area (Å²) in [6, 6.07) is 7.47. The van der Waals surface area contributed by atoms with Crippen LogP contribution >= 0.6 is 0 Å². The summed E-state index contributed by atoms with van der Waals surface area (Å²) in [6.45, 7) is 1.99. The minimum absolute atomic E-state index is 0.280. The van der Waals surface area contributed by atoms with Gasteiger partial charge in [0.2, 0.25) is 0 Å². The Kier molecular flexibility index (Phi) is 3.56. The third-order valence-corrected chi connectivity index (χ3v) is 1.79. The molecule has 0 unspecified atom stereocenters. The van der Waals surface area contributed by atoms with E-state index in [1.165, 1.54) is 7.11 Å². The molecule has 0 fully saturated rings. The molecule has 67 valence electrons. The highest BCUT2D eigenvalue weighted by Crippen LogP contribution is 2.06. The van der Waals surface area contributed by atoms with Crippen LogP contribution in [0.25, 0.3) is 0 Å². The van der Waals surface area contributed by atoms with Gasteiger partial charge >= 0.3 is 5.97 Å². The van der Waals surface area contributed by atoms with Crippen LogP contribution in [-0.4, -0.2) is 20.4 Å². The van der Waals surface area contributed by atoms with Crippen molar-refractivity contribution in [3.63, 3.8) is 0 Å². The Bertz CT molecular complexity index is 297. The molecule has 0 bridgehead atoms. The number of benzene rings is 1. The molecule has 0 N–H and O–H groups in total. The quantitative estimate of drug-likeness (QED) is 0.516. The van der Waals surface area contributed by atoms with Gasteiger partial charge in [0, 0.05) is 0 Å². The number of hydrogen-bond donors (Lipinski definition) is 0. The van der Waals surface area contributed by atoms with E-state index in [0.29, 0.717) is 5.56 Å². The molecule has 0 saturated heterocycles. The summed E-state index contributed by atoms with van der Waals surface area (Å²) in [7, 11) is 3.44. The number of hydrogen-bond acceptors (Lipinski definition) is 2. The lowest BCUT2D eigenvalue weighted by atomic mass is 9.75. The number of carbonyl (C=O) groups is 1. The van der Waals surface area contributed by atoms with Gasteiger partial charge in [-0.1, -0.05) is 30.8 Å². The van der Waals surface area contributed by atoms with E-state index in [2.05, 4.69) is 12.0 Å². The van der Waals surface area contributed by atoms with Crippen LogP contribution in [0.5, 0.6) is 0 Å². The van der Waals surface area contributed by atoms with Crippen LogP contribution in [0.4, 0.5) is 0 Å². The zero-order valence-corrected chi connectivity index (χ0v) is 7.91. The van der Waals surface area contributed by atoms with Crippen LogP contribution in [0, 0.1) is 0 Å². The Morgan fingerprint density at radius 2 is 2.31 bits per heavy atom. The molecule has 0 aromatic heterocycles. The van der Waals surface area contributed by atoms with Crippen LogP contribution in [0.2, 0.25) is 6.82 Å². The first-order chi connectivity index (χ1) is 6.27. The molecule has 13 heavy (non-hydrogen) atoms. The number of carbonyl (C=O) groups excluding carboxylic acids is 1. The highest BCUT2D eigenvalue weighted by Gasteiger charge is 2.04. The third-order valence-electron chi connectivity index (χ3n) is 1.79. The molecular weight excluding hydrogens is 163 g/mol. The van der Waals surface area contributed by atoms with Gasteiger partial charge in [-0.05, 0) is 12.1 Å². The van der Waals surface area contributed by atoms with Gasteiger partial charge in [-0.15, -0.1) is 0 Å². The maximum absolute atomic E-state index is 11.1. The summed E-state index contributed by atoms with van der Waals surface area (Å²) < 4.78 is 4.62. The largest absolute Gasteiger partial charge is 0.465 e. The van der Waals surface area contributed by atoms with Crippen LogP contribution in [-0.2, 0) is 11.1 Å². The van der Waals surface area contributed by atoms with Gasteiger partial charge in [-0.25, -0.2) is 4.79 Å². The summed E-state index contributed by atoms with van der Waals surface area (Å²) in [4.78, 5) is 11.1. The van der Waals surface area contributed by atoms with Crippen molar-refractivity contribution in [2.75, 3.05) is 7.11 Å². The van der Waals surface area contributed by atoms with E-state index in [1.807, 2.05) is 25.0 Å². The van der Waals surface area contributed by atoms with E-state index in [-0.39, 0.29) is 5.97 Å². The monoisotopic (exact) mass is 175 g/mol. The summed E-state index contributed by atoms with van der Waals surface area (Å²) in [6.07, 6.45) is 0.880. The minimum atomic E-state index is -0.280. The van der Waals surface area contributed by atoms with Crippen LogP contribution < -0.4 is 0 Å². The van der Waals surface area contributed by atoms with Crippen molar-refractivity contribution in [3.8, 4) is 0 Å². The number of rotatable bonds is 3. The number of esters is 1. The van der Waals surface area contributed by atoms with E-state index in [4.69, 9.17) is 0 Å². The van der Waals surface area contributed by atoms with Gasteiger partial charge in [0.15, 0.2) is 0 Å². The minimum Gasteiger partial charge on any atom is -0.465 e. The van der Waals surface area contributed by atoms with Crippen molar-refractivity contribution < 1.29 is 9.53 Å². The van der Waals surface area contributed by atoms with E-state index < -0.39 is 0 Å². The SMILES string of the molecule is C[B]Cc1cccc(C(=O)OC)c1. The fourth-order valence-corrected chi connectivity index (χ4v) is 1.18. The van der Waals surface area contributed by atoms with Gasteiger partial charge in [-0.3, -0.25) is 0 Å². The average molecular weight is 175 g/mol. The second-order valence-corrected chi connectivity index (χ2v) is 2.80. The molecule has 0 amide bonds. The lowest BCUT2D eigenvalue weighted by Crippen LogP contribution is -2.02. The van der Waals surface area contributed by atoms with Crippen molar-refractivity contribution >= 4 is 13.2 Å². The molecule has 0 atom stereocenters. The first-order valence-electron chi connectivity index (χ1n) is 4.23. The lowest BCUT2D eigenvalue weighted by Gasteiger charge is -2.01. The normalized spacial score (nSPS) is 9.38. The Hall–Kier alpha value is -1.25. The zero-order valence-electron chi connectivity index (χ0n) is 7.91. The fourth-order valence-electron chi connectivity index (χ4n) is 1.18. The molecule has 1 radical (unpaired) electrons. The van der Waals surface area contributed by atoms with Crippen molar-refractivity contribution in [2.45, 2.75) is 13.1 Å². The van der Waals surface area contributed by atoms with Crippen molar-refractivity contribution in [1.82, 2.24) is 0 Å². The third kappa shape index (κ3) is 2.62. The summed E-state index contributed by atoms with van der Waals surface area (Å²) >= 11 is 0. The molecule has 1 rings (SSSR count). The maximum atomic E-state index is 11.1. The molecule has 0 spiro atoms. The van der Waals surface area contributed by atoms with E-state index >= 15 is 0 Å². The number of methoxy groups -OCH3 is 1. The highest BCUT2D eigenvalue weighted by molar-refractivity contribution is 6.32. The maximum Gasteiger partial charge on any atom is 0.337 e. The molecule has 2 nitrogen and oxygen atoms in total. The molecule has 1 aromatic rings. The summed E-state index contributed by atoms with van der Waals surface area (Å²) in [5.41, 5.74) is 1.74. The lowest BCUT2D eigenvalue weighted by molar-refractivity contribution is 0.0600. The fraction of sp³-hybridized carbons (Fsp3) is 0.300. The molecule has 0 saturated carbocycles. The Balaban J connectivity index is 2.85. The summed E-state index contributed by atoms with van der Waals surface area (Å²) in [5.74, 6) is -0.280. The van der Waals surface area contributed by atoms with Gasteiger partial charge in [0.1, 0.15) is 7.28 Å². The topological polar surface area (TPSA) is 26.3 Å². The zero-order chi connectivity index (χ0) is 9.68. The molecule has 0 aliphatic carbocycles. The van der Waals surface area contributed by atoms with Gasteiger partial charge in [0.05, 0.1) is 12.7 Å². The van der Waals surface area contributed by atoms with Crippen LogP contribution in [0.3, 0.4) is 0 Å². The van der Waals surface area contributed by atoms with Crippen molar-refractivity contribution in [3.05, 3.63) is 35.4 Å². The second-order valence-electron chi connectivity index (χ2n) is 2.80. The average Bonchev–Trinajstić information content (AvgIpc) is 2.18.